The lowest BCUT2D eigenvalue weighted by Crippen LogP contribution is -1.94. The molecule has 2 aromatic rings. The molecule has 0 amide bonds. The van der Waals surface area contributed by atoms with Gasteiger partial charge >= 0.3 is 0 Å². The first-order chi connectivity index (χ1) is 8.06. The Labute approximate surface area is 101 Å². The van der Waals surface area contributed by atoms with Crippen LogP contribution in [0.1, 0.15) is 31.0 Å². The molecule has 1 aromatic carbocycles. The number of hydrogen-bond donors (Lipinski definition) is 0. The fourth-order valence-electron chi connectivity index (χ4n) is 1.82. The Hall–Kier alpha value is -1.70. The lowest BCUT2D eigenvalue weighted by molar-refractivity contribution is 0.627. The molecule has 17 heavy (non-hydrogen) atoms. The Morgan fingerprint density at radius 2 is 1.88 bits per heavy atom. The maximum absolute atomic E-state index is 13.3. The summed E-state index contributed by atoms with van der Waals surface area (Å²) in [5.41, 5.74) is 3.62. The molecular weight excluding hydrogens is 213 g/mol. The Morgan fingerprint density at radius 1 is 1.12 bits per heavy atom. The molecule has 0 aliphatic carbocycles. The highest BCUT2D eigenvalue weighted by atomic mass is 19.1. The quantitative estimate of drug-likeness (QED) is 0.747. The van der Waals surface area contributed by atoms with Crippen molar-refractivity contribution in [1.29, 1.82) is 0 Å². The van der Waals surface area contributed by atoms with Crippen molar-refractivity contribution in [2.45, 2.75) is 26.7 Å². The molecule has 2 rings (SSSR count). The molecule has 0 unspecified atom stereocenters. The Balaban J connectivity index is 2.49. The summed E-state index contributed by atoms with van der Waals surface area (Å²) in [5, 5.41) is 0. The topological polar surface area (TPSA) is 12.9 Å². The first-order valence-corrected chi connectivity index (χ1v) is 5.81. The van der Waals surface area contributed by atoms with E-state index < -0.39 is 0 Å². The standard InChI is InChI=1S/C15H16FN/c1-10(2)14-5-4-6-15(17-14)12-7-11(3)8-13(16)9-12/h4-10H,1-3H3. The number of hydrogen-bond acceptors (Lipinski definition) is 1. The maximum atomic E-state index is 13.3. The molecule has 1 aromatic heterocycles. The van der Waals surface area contributed by atoms with Crippen molar-refractivity contribution in [3.8, 4) is 11.3 Å². The van der Waals surface area contributed by atoms with Crippen molar-refractivity contribution < 1.29 is 4.39 Å². The number of halogens is 1. The van der Waals surface area contributed by atoms with Crippen molar-refractivity contribution in [3.05, 3.63) is 53.5 Å². The summed E-state index contributed by atoms with van der Waals surface area (Å²) in [6, 6.07) is 10.9. The SMILES string of the molecule is Cc1cc(F)cc(-c2cccc(C(C)C)n2)c1. The van der Waals surface area contributed by atoms with Crippen LogP contribution in [0.4, 0.5) is 4.39 Å². The van der Waals surface area contributed by atoms with Gasteiger partial charge in [0.1, 0.15) is 5.82 Å². The molecule has 0 fully saturated rings. The van der Waals surface area contributed by atoms with Crippen LogP contribution < -0.4 is 0 Å². The van der Waals surface area contributed by atoms with Crippen LogP contribution >= 0.6 is 0 Å². The van der Waals surface area contributed by atoms with Gasteiger partial charge < -0.3 is 0 Å². The van der Waals surface area contributed by atoms with Crippen molar-refractivity contribution in [2.24, 2.45) is 0 Å². The summed E-state index contributed by atoms with van der Waals surface area (Å²) in [5.74, 6) is 0.168. The number of rotatable bonds is 2. The number of aryl methyl sites for hydroxylation is 1. The van der Waals surface area contributed by atoms with Crippen LogP contribution in [-0.2, 0) is 0 Å². The fourth-order valence-corrected chi connectivity index (χ4v) is 1.82. The number of aromatic nitrogens is 1. The molecule has 0 N–H and O–H groups in total. The van der Waals surface area contributed by atoms with Crippen molar-refractivity contribution in [1.82, 2.24) is 4.98 Å². The zero-order valence-corrected chi connectivity index (χ0v) is 10.4. The van der Waals surface area contributed by atoms with Crippen molar-refractivity contribution in [3.63, 3.8) is 0 Å². The second-order valence-electron chi connectivity index (χ2n) is 4.62. The van der Waals surface area contributed by atoms with Gasteiger partial charge in [-0.05, 0) is 48.7 Å². The van der Waals surface area contributed by atoms with E-state index >= 15 is 0 Å². The van der Waals surface area contributed by atoms with Gasteiger partial charge in [-0.1, -0.05) is 19.9 Å². The molecule has 0 aliphatic rings. The highest BCUT2D eigenvalue weighted by Gasteiger charge is 2.05. The van der Waals surface area contributed by atoms with Crippen molar-refractivity contribution >= 4 is 0 Å². The smallest absolute Gasteiger partial charge is 0.124 e. The molecule has 88 valence electrons. The van der Waals surface area contributed by atoms with Gasteiger partial charge in [0, 0.05) is 11.3 Å². The first kappa shape index (κ1) is 11.8. The summed E-state index contributed by atoms with van der Waals surface area (Å²) in [6.07, 6.45) is 0. The number of pyridine rings is 1. The minimum Gasteiger partial charge on any atom is -0.253 e. The molecule has 0 saturated carbocycles. The van der Waals surface area contributed by atoms with Gasteiger partial charge in [0.25, 0.3) is 0 Å². The molecule has 1 heterocycles. The van der Waals surface area contributed by atoms with E-state index in [9.17, 15) is 4.39 Å². The molecule has 0 bridgehead atoms. The molecule has 0 aliphatic heterocycles. The van der Waals surface area contributed by atoms with Gasteiger partial charge in [-0.2, -0.15) is 0 Å². The molecule has 0 saturated heterocycles. The Kier molecular flexibility index (Phi) is 3.23. The largest absolute Gasteiger partial charge is 0.253 e. The zero-order chi connectivity index (χ0) is 12.4. The van der Waals surface area contributed by atoms with E-state index in [1.54, 1.807) is 0 Å². The van der Waals surface area contributed by atoms with Crippen molar-refractivity contribution in [2.75, 3.05) is 0 Å². The van der Waals surface area contributed by atoms with Crippen LogP contribution in [0.2, 0.25) is 0 Å². The minimum absolute atomic E-state index is 0.211. The van der Waals surface area contributed by atoms with Gasteiger partial charge in [0.15, 0.2) is 0 Å². The molecule has 2 heteroatoms. The molecule has 0 spiro atoms. The van der Waals surface area contributed by atoms with E-state index in [-0.39, 0.29) is 5.82 Å². The van der Waals surface area contributed by atoms with E-state index in [1.165, 1.54) is 12.1 Å². The highest BCUT2D eigenvalue weighted by Crippen LogP contribution is 2.22. The molecule has 1 nitrogen and oxygen atoms in total. The van der Waals surface area contributed by atoms with Crippen LogP contribution in [0, 0.1) is 12.7 Å². The third-order valence-electron chi connectivity index (χ3n) is 2.70. The third-order valence-corrected chi connectivity index (χ3v) is 2.70. The van der Waals surface area contributed by atoms with Crippen LogP contribution in [0.15, 0.2) is 36.4 Å². The van der Waals surface area contributed by atoms with Crippen LogP contribution in [0.25, 0.3) is 11.3 Å². The lowest BCUT2D eigenvalue weighted by atomic mass is 10.1. The normalized spacial score (nSPS) is 10.9. The van der Waals surface area contributed by atoms with Gasteiger partial charge in [-0.25, -0.2) is 4.39 Å². The Bertz CT molecular complexity index is 512. The molecule has 0 atom stereocenters. The highest BCUT2D eigenvalue weighted by molar-refractivity contribution is 5.60. The summed E-state index contributed by atoms with van der Waals surface area (Å²) < 4.78 is 13.3. The summed E-state index contributed by atoms with van der Waals surface area (Å²) in [7, 11) is 0. The van der Waals surface area contributed by atoms with E-state index in [2.05, 4.69) is 18.8 Å². The predicted octanol–water partition coefficient (Wildman–Crippen LogP) is 4.32. The van der Waals surface area contributed by atoms with Crippen LogP contribution in [0.3, 0.4) is 0 Å². The van der Waals surface area contributed by atoms with E-state index in [0.717, 1.165) is 22.5 Å². The van der Waals surface area contributed by atoms with E-state index in [0.29, 0.717) is 5.92 Å². The number of benzene rings is 1. The first-order valence-electron chi connectivity index (χ1n) is 5.81. The monoisotopic (exact) mass is 229 g/mol. The average molecular weight is 229 g/mol. The Morgan fingerprint density at radius 3 is 2.53 bits per heavy atom. The fraction of sp³-hybridized carbons (Fsp3) is 0.267. The van der Waals surface area contributed by atoms with E-state index in [4.69, 9.17) is 0 Å². The predicted molar refractivity (Wildman–Crippen MR) is 68.5 cm³/mol. The molecular formula is C15H16FN. The average Bonchev–Trinajstić information content (AvgIpc) is 2.28. The minimum atomic E-state index is -0.211. The van der Waals surface area contributed by atoms with Gasteiger partial charge in [-0.15, -0.1) is 0 Å². The second-order valence-corrected chi connectivity index (χ2v) is 4.62. The van der Waals surface area contributed by atoms with Crippen LogP contribution in [-0.4, -0.2) is 4.98 Å². The number of nitrogens with zero attached hydrogens (tertiary/aromatic N) is 1. The van der Waals surface area contributed by atoms with Gasteiger partial charge in [0.2, 0.25) is 0 Å². The van der Waals surface area contributed by atoms with E-state index in [1.807, 2.05) is 31.2 Å². The third kappa shape index (κ3) is 2.70. The molecule has 0 radical (unpaired) electrons. The van der Waals surface area contributed by atoms with Gasteiger partial charge in [-0.3, -0.25) is 4.98 Å². The van der Waals surface area contributed by atoms with Crippen LogP contribution in [0.5, 0.6) is 0 Å². The summed E-state index contributed by atoms with van der Waals surface area (Å²) in [6.45, 7) is 6.09. The summed E-state index contributed by atoms with van der Waals surface area (Å²) >= 11 is 0. The maximum Gasteiger partial charge on any atom is 0.124 e. The lowest BCUT2D eigenvalue weighted by Gasteiger charge is -2.08. The summed E-state index contributed by atoms with van der Waals surface area (Å²) in [4.78, 5) is 4.56. The van der Waals surface area contributed by atoms with Gasteiger partial charge in [0.05, 0.1) is 5.69 Å². The second kappa shape index (κ2) is 4.66. The zero-order valence-electron chi connectivity index (χ0n) is 10.4.